The Hall–Kier alpha value is -0.930. The molecule has 0 heterocycles. The third-order valence-corrected chi connectivity index (χ3v) is 4.61. The van der Waals surface area contributed by atoms with Crippen LogP contribution in [0.3, 0.4) is 0 Å². The lowest BCUT2D eigenvalue weighted by Gasteiger charge is -2.27. The summed E-state index contributed by atoms with van der Waals surface area (Å²) < 4.78 is 13.5. The molecule has 0 amide bonds. The molecular weight excluding hydrogens is 263 g/mol. The van der Waals surface area contributed by atoms with Gasteiger partial charge in [-0.1, -0.05) is 31.9 Å². The molecule has 2 nitrogen and oxygen atoms in total. The van der Waals surface area contributed by atoms with Gasteiger partial charge in [0.15, 0.2) is 0 Å². The summed E-state index contributed by atoms with van der Waals surface area (Å²) in [7, 11) is 2.23. The summed E-state index contributed by atoms with van der Waals surface area (Å²) >= 11 is 0. The highest BCUT2D eigenvalue weighted by Crippen LogP contribution is 2.24. The highest BCUT2D eigenvalue weighted by atomic mass is 19.1. The number of rotatable bonds is 8. The zero-order chi connectivity index (χ0) is 15.1. The van der Waals surface area contributed by atoms with Gasteiger partial charge in [-0.3, -0.25) is 0 Å². The van der Waals surface area contributed by atoms with Crippen molar-refractivity contribution in [3.05, 3.63) is 35.6 Å². The zero-order valence-electron chi connectivity index (χ0n) is 13.4. The summed E-state index contributed by atoms with van der Waals surface area (Å²) in [5, 5.41) is 3.57. The summed E-state index contributed by atoms with van der Waals surface area (Å²) in [6.07, 6.45) is 7.56. The lowest BCUT2D eigenvalue weighted by atomic mass is 10.0. The van der Waals surface area contributed by atoms with Gasteiger partial charge >= 0.3 is 0 Å². The number of halogens is 1. The van der Waals surface area contributed by atoms with Crippen LogP contribution < -0.4 is 5.32 Å². The van der Waals surface area contributed by atoms with Gasteiger partial charge in [-0.15, -0.1) is 0 Å². The molecule has 0 saturated heterocycles. The summed E-state index contributed by atoms with van der Waals surface area (Å²) in [5.41, 5.74) is 1.07. The lowest BCUT2D eigenvalue weighted by Crippen LogP contribution is -2.33. The van der Waals surface area contributed by atoms with Gasteiger partial charge < -0.3 is 10.2 Å². The van der Waals surface area contributed by atoms with E-state index in [4.69, 9.17) is 0 Å². The third-order valence-electron chi connectivity index (χ3n) is 4.61. The Bertz CT molecular complexity index is 415. The molecule has 0 radical (unpaired) electrons. The molecule has 0 bridgehead atoms. The van der Waals surface area contributed by atoms with Crippen LogP contribution in [0.5, 0.6) is 0 Å². The quantitative estimate of drug-likeness (QED) is 0.775. The summed E-state index contributed by atoms with van der Waals surface area (Å²) in [4.78, 5) is 2.49. The second kappa shape index (κ2) is 8.50. The van der Waals surface area contributed by atoms with Gasteiger partial charge in [0.2, 0.25) is 0 Å². The van der Waals surface area contributed by atoms with Crippen molar-refractivity contribution < 1.29 is 4.39 Å². The fourth-order valence-electron chi connectivity index (χ4n) is 3.29. The fourth-order valence-corrected chi connectivity index (χ4v) is 3.29. The van der Waals surface area contributed by atoms with Crippen molar-refractivity contribution in [2.45, 2.75) is 57.5 Å². The maximum Gasteiger partial charge on any atom is 0.123 e. The van der Waals surface area contributed by atoms with Gasteiger partial charge in [0, 0.05) is 12.1 Å². The standard InChI is InChI=1S/C18H29FN2/c1-3-12-20-18(15-7-6-8-16(19)14-15)11-13-21(2)17-9-4-5-10-17/h6-8,14,17-18,20H,3-5,9-13H2,1-2H3. The summed E-state index contributed by atoms with van der Waals surface area (Å²) in [5.74, 6) is -0.139. The van der Waals surface area contributed by atoms with Crippen molar-refractivity contribution in [3.63, 3.8) is 0 Å². The fraction of sp³-hybridized carbons (Fsp3) is 0.667. The molecule has 1 fully saturated rings. The smallest absolute Gasteiger partial charge is 0.123 e. The average Bonchev–Trinajstić information content (AvgIpc) is 3.01. The molecule has 1 unspecified atom stereocenters. The van der Waals surface area contributed by atoms with E-state index in [0.29, 0.717) is 0 Å². The molecule has 1 aliphatic carbocycles. The summed E-state index contributed by atoms with van der Waals surface area (Å²) in [6, 6.07) is 8.04. The van der Waals surface area contributed by atoms with Crippen LogP contribution in [0, 0.1) is 5.82 Å². The van der Waals surface area contributed by atoms with Gasteiger partial charge in [0.1, 0.15) is 5.82 Å². The molecule has 0 spiro atoms. The molecular formula is C18H29FN2. The van der Waals surface area contributed by atoms with E-state index in [9.17, 15) is 4.39 Å². The molecule has 118 valence electrons. The maximum atomic E-state index is 13.5. The zero-order valence-corrected chi connectivity index (χ0v) is 13.4. The first-order chi connectivity index (χ1) is 10.2. The molecule has 1 aromatic rings. The Kier molecular flexibility index (Phi) is 6.65. The van der Waals surface area contributed by atoms with E-state index in [1.807, 2.05) is 12.1 Å². The van der Waals surface area contributed by atoms with Crippen LogP contribution >= 0.6 is 0 Å². The first kappa shape index (κ1) is 16.4. The van der Waals surface area contributed by atoms with E-state index in [1.165, 1.54) is 31.7 Å². The average molecular weight is 292 g/mol. The maximum absolute atomic E-state index is 13.5. The van der Waals surface area contributed by atoms with Gasteiger partial charge in [0.25, 0.3) is 0 Å². The van der Waals surface area contributed by atoms with E-state index in [0.717, 1.165) is 37.5 Å². The molecule has 1 saturated carbocycles. The van der Waals surface area contributed by atoms with Crippen LogP contribution in [0.15, 0.2) is 24.3 Å². The molecule has 1 aliphatic rings. The van der Waals surface area contributed by atoms with Gasteiger partial charge in [-0.05, 0) is 63.5 Å². The lowest BCUT2D eigenvalue weighted by molar-refractivity contribution is 0.231. The number of nitrogens with zero attached hydrogens (tertiary/aromatic N) is 1. The molecule has 1 aromatic carbocycles. The normalized spacial score (nSPS) is 17.5. The van der Waals surface area contributed by atoms with Crippen LogP contribution in [0.25, 0.3) is 0 Å². The van der Waals surface area contributed by atoms with Crippen molar-refractivity contribution in [3.8, 4) is 0 Å². The van der Waals surface area contributed by atoms with Crippen molar-refractivity contribution in [2.24, 2.45) is 0 Å². The van der Waals surface area contributed by atoms with Gasteiger partial charge in [-0.25, -0.2) is 4.39 Å². The third kappa shape index (κ3) is 5.08. The molecule has 3 heteroatoms. The number of hydrogen-bond donors (Lipinski definition) is 1. The Morgan fingerprint density at radius 1 is 1.33 bits per heavy atom. The largest absolute Gasteiger partial charge is 0.310 e. The summed E-state index contributed by atoms with van der Waals surface area (Å²) in [6.45, 7) is 4.22. The van der Waals surface area contributed by atoms with E-state index in [1.54, 1.807) is 6.07 Å². The van der Waals surface area contributed by atoms with Crippen molar-refractivity contribution in [2.75, 3.05) is 20.1 Å². The first-order valence-corrected chi connectivity index (χ1v) is 8.39. The Morgan fingerprint density at radius 3 is 2.76 bits per heavy atom. The second-order valence-corrected chi connectivity index (χ2v) is 6.27. The van der Waals surface area contributed by atoms with E-state index < -0.39 is 0 Å². The van der Waals surface area contributed by atoms with E-state index >= 15 is 0 Å². The molecule has 0 aromatic heterocycles. The molecule has 21 heavy (non-hydrogen) atoms. The molecule has 0 aliphatic heterocycles. The molecule has 1 atom stereocenters. The van der Waals surface area contributed by atoms with Gasteiger partial charge in [-0.2, -0.15) is 0 Å². The second-order valence-electron chi connectivity index (χ2n) is 6.27. The first-order valence-electron chi connectivity index (χ1n) is 8.39. The minimum absolute atomic E-state index is 0.139. The Morgan fingerprint density at radius 2 is 2.10 bits per heavy atom. The van der Waals surface area contributed by atoms with Crippen molar-refractivity contribution in [1.29, 1.82) is 0 Å². The number of hydrogen-bond acceptors (Lipinski definition) is 2. The monoisotopic (exact) mass is 292 g/mol. The van der Waals surface area contributed by atoms with Crippen LogP contribution in [0.1, 0.15) is 57.1 Å². The van der Waals surface area contributed by atoms with Crippen LogP contribution in [0.4, 0.5) is 4.39 Å². The predicted octanol–water partition coefficient (Wildman–Crippen LogP) is 4.13. The predicted molar refractivity (Wildman–Crippen MR) is 86.9 cm³/mol. The molecule has 1 N–H and O–H groups in total. The topological polar surface area (TPSA) is 15.3 Å². The molecule has 2 rings (SSSR count). The Labute approximate surface area is 128 Å². The van der Waals surface area contributed by atoms with E-state index in [2.05, 4.69) is 24.2 Å². The SMILES string of the molecule is CCCNC(CCN(C)C1CCCC1)c1cccc(F)c1. The van der Waals surface area contributed by atoms with Crippen LogP contribution in [0.2, 0.25) is 0 Å². The minimum atomic E-state index is -0.139. The number of nitrogens with one attached hydrogen (secondary N) is 1. The van der Waals surface area contributed by atoms with Crippen LogP contribution in [-0.2, 0) is 0 Å². The van der Waals surface area contributed by atoms with E-state index in [-0.39, 0.29) is 11.9 Å². The Balaban J connectivity index is 1.92. The van der Waals surface area contributed by atoms with Crippen molar-refractivity contribution >= 4 is 0 Å². The van der Waals surface area contributed by atoms with Crippen molar-refractivity contribution in [1.82, 2.24) is 10.2 Å². The van der Waals surface area contributed by atoms with Gasteiger partial charge in [0.05, 0.1) is 0 Å². The highest BCUT2D eigenvalue weighted by Gasteiger charge is 2.20. The minimum Gasteiger partial charge on any atom is -0.310 e. The number of benzene rings is 1. The van der Waals surface area contributed by atoms with Crippen LogP contribution in [-0.4, -0.2) is 31.1 Å². The highest BCUT2D eigenvalue weighted by molar-refractivity contribution is 5.20.